The van der Waals surface area contributed by atoms with E-state index in [0.29, 0.717) is 50.3 Å². The number of anilines is 1. The van der Waals surface area contributed by atoms with E-state index < -0.39 is 23.3 Å². The number of likely N-dealkylation sites (tertiary alicyclic amines) is 1. The van der Waals surface area contributed by atoms with Crippen molar-refractivity contribution in [2.75, 3.05) is 38.6 Å². The molecule has 1 aromatic carbocycles. The first-order chi connectivity index (χ1) is 17.0. The minimum absolute atomic E-state index is 0.154. The SMILES string of the molecule is Cc1cccnc1C(=O)N1CC2(CCN(c3ccc(C#N)c(C(F)(F)F)c3)CC2)CC1C(=O)N(C)C. The number of carbonyl (C=O) groups is 2. The van der Waals surface area contributed by atoms with Crippen molar-refractivity contribution in [1.82, 2.24) is 14.8 Å². The average molecular weight is 500 g/mol. The van der Waals surface area contributed by atoms with Gasteiger partial charge in [-0.15, -0.1) is 0 Å². The van der Waals surface area contributed by atoms with Crippen LogP contribution < -0.4 is 4.90 Å². The predicted octanol–water partition coefficient (Wildman–Crippen LogP) is 3.87. The molecule has 2 aromatic rings. The Balaban J connectivity index is 1.56. The van der Waals surface area contributed by atoms with E-state index in [9.17, 15) is 22.8 Å². The first-order valence-corrected chi connectivity index (χ1v) is 11.8. The molecule has 2 aliphatic rings. The summed E-state index contributed by atoms with van der Waals surface area (Å²) in [7, 11) is 3.32. The summed E-state index contributed by atoms with van der Waals surface area (Å²) < 4.78 is 40.3. The monoisotopic (exact) mass is 499 g/mol. The molecule has 0 bridgehead atoms. The highest BCUT2D eigenvalue weighted by Gasteiger charge is 2.50. The molecule has 2 aliphatic heterocycles. The summed E-state index contributed by atoms with van der Waals surface area (Å²) >= 11 is 0. The van der Waals surface area contributed by atoms with Crippen LogP contribution in [0, 0.1) is 23.7 Å². The van der Waals surface area contributed by atoms with Gasteiger partial charge in [0.15, 0.2) is 0 Å². The molecule has 0 radical (unpaired) electrons. The van der Waals surface area contributed by atoms with Crippen molar-refractivity contribution >= 4 is 17.5 Å². The fourth-order valence-electron chi connectivity index (χ4n) is 5.30. The molecule has 190 valence electrons. The van der Waals surface area contributed by atoms with Gasteiger partial charge in [-0.25, -0.2) is 0 Å². The largest absolute Gasteiger partial charge is 0.417 e. The van der Waals surface area contributed by atoms with Gasteiger partial charge in [0.1, 0.15) is 11.7 Å². The molecule has 1 atom stereocenters. The second kappa shape index (κ2) is 9.45. The molecule has 1 spiro atoms. The van der Waals surface area contributed by atoms with Crippen LogP contribution in [0.2, 0.25) is 0 Å². The van der Waals surface area contributed by atoms with Crippen LogP contribution in [0.4, 0.5) is 18.9 Å². The van der Waals surface area contributed by atoms with Gasteiger partial charge in [0.25, 0.3) is 5.91 Å². The number of aromatic nitrogens is 1. The maximum absolute atomic E-state index is 13.5. The zero-order valence-corrected chi connectivity index (χ0v) is 20.5. The molecule has 36 heavy (non-hydrogen) atoms. The Morgan fingerprint density at radius 2 is 1.89 bits per heavy atom. The molecule has 1 aromatic heterocycles. The summed E-state index contributed by atoms with van der Waals surface area (Å²) in [6.07, 6.45) is -1.32. The number of piperidine rings is 1. The summed E-state index contributed by atoms with van der Waals surface area (Å²) in [6.45, 7) is 3.16. The topological polar surface area (TPSA) is 80.5 Å². The van der Waals surface area contributed by atoms with Crippen LogP contribution in [0.1, 0.15) is 46.4 Å². The van der Waals surface area contributed by atoms with Crippen molar-refractivity contribution in [3.8, 4) is 6.07 Å². The second-order valence-electron chi connectivity index (χ2n) is 9.88. The molecular formula is C26H28F3N5O2. The van der Waals surface area contributed by atoms with Crippen molar-refractivity contribution in [1.29, 1.82) is 5.26 Å². The number of benzene rings is 1. The third-order valence-corrected chi connectivity index (χ3v) is 7.33. The number of likely N-dealkylation sites (N-methyl/N-ethyl adjacent to an activating group) is 1. The molecular weight excluding hydrogens is 471 g/mol. The second-order valence-corrected chi connectivity index (χ2v) is 9.88. The third-order valence-electron chi connectivity index (χ3n) is 7.33. The maximum atomic E-state index is 13.5. The lowest BCUT2D eigenvalue weighted by Crippen LogP contribution is -2.46. The summed E-state index contributed by atoms with van der Waals surface area (Å²) in [5.74, 6) is -0.437. The van der Waals surface area contributed by atoms with E-state index in [2.05, 4.69) is 4.98 Å². The van der Waals surface area contributed by atoms with Gasteiger partial charge in [-0.2, -0.15) is 18.4 Å². The van der Waals surface area contributed by atoms with Gasteiger partial charge < -0.3 is 14.7 Å². The lowest BCUT2D eigenvalue weighted by Gasteiger charge is -2.40. The molecule has 0 N–H and O–H groups in total. The lowest BCUT2D eigenvalue weighted by molar-refractivity contribution is -0.137. The Morgan fingerprint density at radius 3 is 2.47 bits per heavy atom. The zero-order chi connectivity index (χ0) is 26.3. The number of amides is 2. The van der Waals surface area contributed by atoms with Gasteiger partial charge in [-0.3, -0.25) is 14.6 Å². The van der Waals surface area contributed by atoms with Gasteiger partial charge in [-0.05, 0) is 61.4 Å². The molecule has 0 aliphatic carbocycles. The number of hydrogen-bond donors (Lipinski definition) is 0. The van der Waals surface area contributed by atoms with Crippen molar-refractivity contribution < 1.29 is 22.8 Å². The number of nitrogens with zero attached hydrogens (tertiary/aromatic N) is 5. The lowest BCUT2D eigenvalue weighted by atomic mass is 9.76. The van der Waals surface area contributed by atoms with Crippen molar-refractivity contribution in [2.24, 2.45) is 5.41 Å². The smallest absolute Gasteiger partial charge is 0.371 e. The van der Waals surface area contributed by atoms with E-state index >= 15 is 0 Å². The average Bonchev–Trinajstić information content (AvgIpc) is 3.21. The Labute approximate surface area is 208 Å². The summed E-state index contributed by atoms with van der Waals surface area (Å²) in [5.41, 5.74) is -0.198. The van der Waals surface area contributed by atoms with Gasteiger partial charge in [-0.1, -0.05) is 6.07 Å². The van der Waals surface area contributed by atoms with Crippen LogP contribution in [-0.2, 0) is 11.0 Å². The number of halogens is 3. The highest BCUT2D eigenvalue weighted by atomic mass is 19.4. The third kappa shape index (κ3) is 4.74. The van der Waals surface area contributed by atoms with Crippen LogP contribution in [-0.4, -0.2) is 66.4 Å². The van der Waals surface area contributed by atoms with E-state index in [4.69, 9.17) is 5.26 Å². The van der Waals surface area contributed by atoms with E-state index in [1.807, 2.05) is 4.90 Å². The number of alkyl halides is 3. The Bertz CT molecular complexity index is 1210. The van der Waals surface area contributed by atoms with Gasteiger partial charge in [0.2, 0.25) is 5.91 Å². The van der Waals surface area contributed by atoms with Crippen molar-refractivity contribution in [3.05, 3.63) is 58.9 Å². The van der Waals surface area contributed by atoms with Crippen molar-refractivity contribution in [3.63, 3.8) is 0 Å². The molecule has 0 saturated carbocycles. The number of nitriles is 1. The molecule has 10 heteroatoms. The molecule has 4 rings (SSSR count). The number of rotatable bonds is 3. The summed E-state index contributed by atoms with van der Waals surface area (Å²) in [5, 5.41) is 9.07. The van der Waals surface area contributed by atoms with Crippen LogP contribution in [0.5, 0.6) is 0 Å². The molecule has 2 amide bonds. The normalized spacial score (nSPS) is 19.3. The molecule has 2 saturated heterocycles. The van der Waals surface area contributed by atoms with Gasteiger partial charge >= 0.3 is 6.18 Å². The van der Waals surface area contributed by atoms with Gasteiger partial charge in [0, 0.05) is 45.6 Å². The van der Waals surface area contributed by atoms with E-state index in [1.165, 1.54) is 11.0 Å². The Morgan fingerprint density at radius 1 is 1.19 bits per heavy atom. The molecule has 3 heterocycles. The number of hydrogen-bond acceptors (Lipinski definition) is 5. The molecule has 1 unspecified atom stereocenters. The van der Waals surface area contributed by atoms with Crippen LogP contribution in [0.15, 0.2) is 36.5 Å². The maximum Gasteiger partial charge on any atom is 0.417 e. The van der Waals surface area contributed by atoms with Crippen molar-refractivity contribution in [2.45, 2.75) is 38.4 Å². The zero-order valence-electron chi connectivity index (χ0n) is 20.5. The predicted molar refractivity (Wildman–Crippen MR) is 127 cm³/mol. The Hall–Kier alpha value is -3.61. The fraction of sp³-hybridized carbons (Fsp3) is 0.462. The summed E-state index contributed by atoms with van der Waals surface area (Å²) in [4.78, 5) is 35.7. The van der Waals surface area contributed by atoms with E-state index in [0.717, 1.165) is 11.6 Å². The van der Waals surface area contributed by atoms with Gasteiger partial charge in [0.05, 0.1) is 17.2 Å². The highest BCUT2D eigenvalue weighted by Crippen LogP contribution is 2.45. The Kier molecular flexibility index (Phi) is 6.69. The van der Waals surface area contributed by atoms with E-state index in [1.54, 1.807) is 56.4 Å². The quantitative estimate of drug-likeness (QED) is 0.641. The van der Waals surface area contributed by atoms with E-state index in [-0.39, 0.29) is 17.2 Å². The first-order valence-electron chi connectivity index (χ1n) is 11.8. The fourth-order valence-corrected chi connectivity index (χ4v) is 5.30. The molecule has 2 fully saturated rings. The minimum Gasteiger partial charge on any atom is -0.371 e. The van der Waals surface area contributed by atoms with Crippen LogP contribution >= 0.6 is 0 Å². The van der Waals surface area contributed by atoms with Crippen LogP contribution in [0.25, 0.3) is 0 Å². The summed E-state index contributed by atoms with van der Waals surface area (Å²) in [6, 6.07) is 8.33. The molecule has 7 nitrogen and oxygen atoms in total. The van der Waals surface area contributed by atoms with Crippen LogP contribution in [0.3, 0.4) is 0 Å². The standard InChI is InChI=1S/C26H28F3N5O2/c1-17-5-4-10-31-22(17)24(36)34-16-25(14-21(34)23(35)32(2)3)8-11-33(12-9-25)19-7-6-18(15-30)20(13-19)26(27,28)29/h4-7,10,13,21H,8-9,11-12,14,16H2,1-3H3. The first kappa shape index (κ1) is 25.5. The number of pyridine rings is 1. The number of aryl methyl sites for hydroxylation is 1. The highest BCUT2D eigenvalue weighted by molar-refractivity contribution is 5.97. The minimum atomic E-state index is -4.62. The number of carbonyl (C=O) groups excluding carboxylic acids is 2.